The van der Waals surface area contributed by atoms with Crippen LogP contribution in [-0.4, -0.2) is 177 Å². The number of hydrogen-bond acceptors (Lipinski definition) is 14. The molecule has 3 aromatic heterocycles. The molecule has 0 saturated carbocycles. The van der Waals surface area contributed by atoms with Crippen molar-refractivity contribution in [1.29, 1.82) is 0 Å². The van der Waals surface area contributed by atoms with Crippen LogP contribution < -0.4 is 55.8 Å². The van der Waals surface area contributed by atoms with E-state index in [9.17, 15) is 0 Å². The molecule has 0 aliphatic carbocycles. The predicted molar refractivity (Wildman–Crippen MR) is 384 cm³/mol. The summed E-state index contributed by atoms with van der Waals surface area (Å²) in [4.78, 5) is 39.5. The average Bonchev–Trinajstić information content (AvgIpc) is 1.60. The summed E-state index contributed by atoms with van der Waals surface area (Å²) in [7, 11) is 25.5. The van der Waals surface area contributed by atoms with Crippen LogP contribution in [0.2, 0.25) is 0 Å². The highest BCUT2D eigenvalue weighted by Crippen LogP contribution is 2.45. The van der Waals surface area contributed by atoms with E-state index in [1.165, 1.54) is 0 Å². The largest absolute Gasteiger partial charge is 0.490 e. The monoisotopic (exact) mass is 1290 g/mol. The first-order chi connectivity index (χ1) is 46.1. The standard InChI is InChI=1S/C76H82N12O8/c1-85(2,3)49-21-13-25-53(45-49)89-37-41-93-61-33-17-29-57-65(61)73-77-69(57)82-74-67-59(31-19-35-63(67)95-43-39-91-55-27-15-23-51(47-55)87(7,8)9)71(79-74)84-76-68-60(32-20-36-64(68)96-44-40-92-56-28-16-24-52(48-56)88(10,11)12)72(80-76)83-75-66-58(70(78-75)81-73)30-18-34-62(66)94-42-38-90-54-26-14-22-50(46-54)86(4,5)6/h13-36,45-48H,37-44H2,1-12H3,(H2,77,78,79,80,81,82,83,84)/q+4. The number of quaternary nitrogens is 4. The summed E-state index contributed by atoms with van der Waals surface area (Å²) in [5.41, 5.74) is 8.90. The van der Waals surface area contributed by atoms with Gasteiger partial charge < -0.3 is 47.9 Å². The molecule has 0 fully saturated rings. The Hall–Kier alpha value is -10.6. The number of nitrogens with zero attached hydrogens (tertiary/aromatic N) is 10. The van der Waals surface area contributed by atoms with Gasteiger partial charge in [0.05, 0.1) is 106 Å². The molecule has 490 valence electrons. The molecule has 13 rings (SSSR count). The zero-order valence-corrected chi connectivity index (χ0v) is 56.6. The van der Waals surface area contributed by atoms with E-state index in [0.29, 0.717) is 131 Å². The van der Waals surface area contributed by atoms with Gasteiger partial charge in [0.25, 0.3) is 0 Å². The van der Waals surface area contributed by atoms with Crippen molar-refractivity contribution < 1.29 is 37.9 Å². The van der Waals surface area contributed by atoms with Crippen molar-refractivity contribution >= 4 is 66.9 Å². The maximum Gasteiger partial charge on any atom is 0.168 e. The van der Waals surface area contributed by atoms with E-state index in [1.807, 2.05) is 121 Å². The molecule has 8 aromatic carbocycles. The first-order valence-corrected chi connectivity index (χ1v) is 32.1. The predicted octanol–water partition coefficient (Wildman–Crippen LogP) is 13.5. The Morgan fingerprint density at radius 1 is 0.271 bits per heavy atom. The van der Waals surface area contributed by atoms with Crippen molar-refractivity contribution in [1.82, 2.24) is 57.8 Å². The summed E-state index contributed by atoms with van der Waals surface area (Å²) in [5.74, 6) is 6.63. The summed E-state index contributed by atoms with van der Waals surface area (Å²) < 4.78 is 54.6. The zero-order chi connectivity index (χ0) is 66.9. The van der Waals surface area contributed by atoms with Crippen LogP contribution in [0.1, 0.15) is 0 Å². The highest BCUT2D eigenvalue weighted by Gasteiger charge is 2.29. The van der Waals surface area contributed by atoms with Crippen LogP contribution in [0, 0.1) is 0 Å². The Labute approximate surface area is 558 Å². The van der Waals surface area contributed by atoms with Gasteiger partial charge in [-0.05, 0) is 72.8 Å². The first-order valence-electron chi connectivity index (χ1n) is 32.1. The zero-order valence-electron chi connectivity index (χ0n) is 56.6. The minimum Gasteiger partial charge on any atom is -0.490 e. The smallest absolute Gasteiger partial charge is 0.168 e. The Kier molecular flexibility index (Phi) is 17.5. The lowest BCUT2D eigenvalue weighted by Gasteiger charge is -2.23. The van der Waals surface area contributed by atoms with E-state index < -0.39 is 0 Å². The van der Waals surface area contributed by atoms with Gasteiger partial charge >= 0.3 is 0 Å². The molecule has 0 atom stereocenters. The molecule has 5 heterocycles. The summed E-state index contributed by atoms with van der Waals surface area (Å²) in [6, 6.07) is 55.8. The Bertz CT molecular complexity index is 4580. The van der Waals surface area contributed by atoms with Gasteiger partial charge in [0.1, 0.15) is 144 Å². The van der Waals surface area contributed by atoms with Crippen LogP contribution in [0.15, 0.2) is 170 Å². The summed E-state index contributed by atoms with van der Waals surface area (Å²) in [6.07, 6.45) is 0. The van der Waals surface area contributed by atoms with E-state index in [2.05, 4.69) is 143 Å². The Morgan fingerprint density at radius 2 is 0.542 bits per heavy atom. The van der Waals surface area contributed by atoms with Gasteiger partial charge in [0.15, 0.2) is 23.3 Å². The van der Waals surface area contributed by atoms with Crippen LogP contribution in [0.25, 0.3) is 89.7 Å². The minimum atomic E-state index is 0.220. The van der Waals surface area contributed by atoms with Gasteiger partial charge in [-0.1, -0.05) is 72.8 Å². The molecule has 0 spiro atoms. The molecule has 8 bridgehead atoms. The summed E-state index contributed by atoms with van der Waals surface area (Å²) in [6.45, 7) is 1.98. The molecule has 2 N–H and O–H groups in total. The molecule has 2 aliphatic heterocycles. The molecule has 20 nitrogen and oxygen atoms in total. The number of nitrogens with one attached hydrogen (secondary N) is 2. The van der Waals surface area contributed by atoms with Gasteiger partial charge in [-0.3, -0.25) is 17.9 Å². The molecule has 11 aromatic rings. The fraction of sp³-hybridized carbons (Fsp3) is 0.263. The van der Waals surface area contributed by atoms with Crippen molar-refractivity contribution in [3.8, 4) is 91.5 Å². The first kappa shape index (κ1) is 64.1. The summed E-state index contributed by atoms with van der Waals surface area (Å²) in [5, 5.41) is 2.76. The minimum absolute atomic E-state index is 0.220. The van der Waals surface area contributed by atoms with Gasteiger partial charge in [-0.2, -0.15) is 0 Å². The molecule has 96 heavy (non-hydrogen) atoms. The quantitative estimate of drug-likeness (QED) is 0.0430. The molecule has 0 radical (unpaired) electrons. The van der Waals surface area contributed by atoms with Gasteiger partial charge in [-0.25, -0.2) is 29.9 Å². The lowest BCUT2D eigenvalue weighted by Crippen LogP contribution is -2.34. The third-order valence-electron chi connectivity index (χ3n) is 16.6. The highest BCUT2D eigenvalue weighted by atomic mass is 16.5. The second kappa shape index (κ2) is 26.3. The third kappa shape index (κ3) is 13.9. The van der Waals surface area contributed by atoms with Crippen LogP contribution in [0.3, 0.4) is 0 Å². The highest BCUT2D eigenvalue weighted by molar-refractivity contribution is 6.10. The number of rotatable bonds is 24. The van der Waals surface area contributed by atoms with Crippen molar-refractivity contribution in [2.75, 3.05) is 137 Å². The molecular formula is C76H82N12O8+4. The molecule has 20 heteroatoms. The average molecular weight is 1290 g/mol. The van der Waals surface area contributed by atoms with E-state index in [-0.39, 0.29) is 52.9 Å². The number of hydrogen-bond donors (Lipinski definition) is 2. The second-order valence-electron chi connectivity index (χ2n) is 27.2. The number of benzene rings is 8. The topological polar surface area (TPSA) is 183 Å². The number of H-pyrrole nitrogens is 2. The van der Waals surface area contributed by atoms with Crippen molar-refractivity contribution in [2.24, 2.45) is 0 Å². The third-order valence-corrected chi connectivity index (χ3v) is 16.6. The van der Waals surface area contributed by atoms with Crippen molar-refractivity contribution in [3.05, 3.63) is 170 Å². The number of ether oxygens (including phenoxy) is 8. The van der Waals surface area contributed by atoms with E-state index in [4.69, 9.17) is 67.8 Å². The van der Waals surface area contributed by atoms with E-state index >= 15 is 0 Å². The number of aromatic nitrogens is 8. The van der Waals surface area contributed by atoms with Gasteiger partial charge in [-0.15, -0.1) is 0 Å². The fourth-order valence-corrected chi connectivity index (χ4v) is 11.5. The van der Waals surface area contributed by atoms with Crippen LogP contribution in [0.4, 0.5) is 22.7 Å². The molecule has 0 saturated heterocycles. The maximum atomic E-state index is 6.69. The fourth-order valence-electron chi connectivity index (χ4n) is 11.5. The normalized spacial score (nSPS) is 12.3. The van der Waals surface area contributed by atoms with Crippen LogP contribution >= 0.6 is 0 Å². The molecule has 0 amide bonds. The number of aromatic amines is 2. The number of fused-ring (bicyclic) bond motifs is 20. The van der Waals surface area contributed by atoms with Crippen LogP contribution in [0.5, 0.6) is 46.0 Å². The lowest BCUT2D eigenvalue weighted by molar-refractivity contribution is 0.217. The molecule has 2 aliphatic rings. The van der Waals surface area contributed by atoms with Crippen molar-refractivity contribution in [2.45, 2.75) is 0 Å². The van der Waals surface area contributed by atoms with Crippen LogP contribution in [-0.2, 0) is 0 Å². The van der Waals surface area contributed by atoms with Gasteiger partial charge in [0, 0.05) is 46.2 Å². The van der Waals surface area contributed by atoms with E-state index in [0.717, 1.165) is 45.7 Å². The van der Waals surface area contributed by atoms with E-state index in [1.54, 1.807) is 0 Å². The summed E-state index contributed by atoms with van der Waals surface area (Å²) >= 11 is 0. The Morgan fingerprint density at radius 3 is 0.865 bits per heavy atom. The molecular weight excluding hydrogens is 1210 g/mol. The second-order valence-corrected chi connectivity index (χ2v) is 27.2. The maximum absolute atomic E-state index is 6.69. The lowest BCUT2D eigenvalue weighted by atomic mass is 10.1. The molecule has 0 unspecified atom stereocenters. The SMILES string of the molecule is C[N+](C)(C)c1cccc(OCCOc2cccc3c2-c2nc-3nc3[nH]c(nc4nc(nc5[nH]c(n2)c2cccc(OCCOc6cccc([N+](C)(C)C)c6)c52)-c2cccc(OCCOc5cccc([N+](C)(C)C)c5)c2-4)c2cccc(OCCOc4cccc([N+](C)(C)C)c4)c32)c1. The van der Waals surface area contributed by atoms with Gasteiger partial charge in [0.2, 0.25) is 0 Å². The van der Waals surface area contributed by atoms with Crippen molar-refractivity contribution in [3.63, 3.8) is 0 Å². The Balaban J connectivity index is 0.951.